The highest BCUT2D eigenvalue weighted by atomic mass is 32.2. The van der Waals surface area contributed by atoms with Gasteiger partial charge in [-0.2, -0.15) is 5.01 Å². The molecule has 3 aromatic rings. The number of hydrogen-bond donors (Lipinski definition) is 3. The third kappa shape index (κ3) is 4.12. The van der Waals surface area contributed by atoms with Crippen molar-refractivity contribution in [1.29, 1.82) is 0 Å². The summed E-state index contributed by atoms with van der Waals surface area (Å²) in [7, 11) is 0. The molecule has 1 atom stereocenters. The summed E-state index contributed by atoms with van der Waals surface area (Å²) >= 11 is 0.970. The van der Waals surface area contributed by atoms with Gasteiger partial charge >= 0.3 is 6.03 Å². The van der Waals surface area contributed by atoms with Crippen molar-refractivity contribution in [2.45, 2.75) is 24.0 Å². The molecule has 10 nitrogen and oxygen atoms in total. The van der Waals surface area contributed by atoms with Gasteiger partial charge in [0.15, 0.2) is 5.82 Å². The molecule has 0 bridgehead atoms. The predicted octanol–water partition coefficient (Wildman–Crippen LogP) is 1.78. The lowest BCUT2D eigenvalue weighted by atomic mass is 9.87. The number of benzene rings is 2. The van der Waals surface area contributed by atoms with Crippen LogP contribution in [0.5, 0.6) is 0 Å². The van der Waals surface area contributed by atoms with Gasteiger partial charge in [-0.25, -0.2) is 13.9 Å². The summed E-state index contributed by atoms with van der Waals surface area (Å²) in [5.74, 6) is 4.55. The van der Waals surface area contributed by atoms with E-state index >= 15 is 0 Å². The van der Waals surface area contributed by atoms with Crippen molar-refractivity contribution in [1.82, 2.24) is 30.6 Å². The molecule has 33 heavy (non-hydrogen) atoms. The Morgan fingerprint density at radius 3 is 2.52 bits per heavy atom. The Bertz CT molecular complexity index is 1200. The van der Waals surface area contributed by atoms with Crippen LogP contribution in [0.25, 0.3) is 11.4 Å². The molecule has 1 unspecified atom stereocenters. The topological polar surface area (TPSA) is 135 Å². The van der Waals surface area contributed by atoms with Crippen LogP contribution >= 0.6 is 11.8 Å². The summed E-state index contributed by atoms with van der Waals surface area (Å²) in [5.41, 5.74) is 2.27. The van der Waals surface area contributed by atoms with Gasteiger partial charge < -0.3 is 11.2 Å². The lowest BCUT2D eigenvalue weighted by Gasteiger charge is -2.25. The van der Waals surface area contributed by atoms with E-state index in [0.29, 0.717) is 28.4 Å². The SMILES string of the molecule is CCC1(c2ccccc2)NC(=O)N(NC(=O)CSc2nnc(-c3ccc(F)cc3)n2N)C1=O. The highest BCUT2D eigenvalue weighted by Crippen LogP contribution is 2.31. The molecule has 1 saturated heterocycles. The number of thioether (sulfide) groups is 1. The van der Waals surface area contributed by atoms with Crippen LogP contribution in [0.2, 0.25) is 0 Å². The molecule has 0 aliphatic carbocycles. The molecule has 1 aliphatic rings. The minimum absolute atomic E-state index is 0.180. The summed E-state index contributed by atoms with van der Waals surface area (Å²) in [5, 5.41) is 11.5. The maximum atomic E-state index is 13.1. The van der Waals surface area contributed by atoms with Gasteiger partial charge in [0.2, 0.25) is 11.1 Å². The van der Waals surface area contributed by atoms with Crippen LogP contribution in [-0.2, 0) is 15.1 Å². The zero-order valence-corrected chi connectivity index (χ0v) is 18.3. The van der Waals surface area contributed by atoms with Crippen molar-refractivity contribution in [3.63, 3.8) is 0 Å². The summed E-state index contributed by atoms with van der Waals surface area (Å²) in [6.07, 6.45) is 0.311. The first-order valence-electron chi connectivity index (χ1n) is 9.96. The third-order valence-electron chi connectivity index (χ3n) is 5.22. The number of hydrogen-bond acceptors (Lipinski definition) is 7. The number of urea groups is 1. The van der Waals surface area contributed by atoms with E-state index in [0.717, 1.165) is 11.8 Å². The zero-order chi connectivity index (χ0) is 23.6. The second-order valence-corrected chi connectivity index (χ2v) is 8.14. The van der Waals surface area contributed by atoms with Gasteiger partial charge in [0, 0.05) is 5.56 Å². The standard InChI is InChI=1S/C21H20FN7O3S/c1-2-21(14-6-4-3-5-7-14)18(31)29(19(32)24-21)27-16(30)12-33-20-26-25-17(28(20)23)13-8-10-15(22)11-9-13/h3-11H,2,12,23H2,1H3,(H,24,32)(H,27,30). The van der Waals surface area contributed by atoms with E-state index in [1.54, 1.807) is 31.2 Å². The average Bonchev–Trinajstić information content (AvgIpc) is 3.31. The van der Waals surface area contributed by atoms with E-state index in [-0.39, 0.29) is 10.9 Å². The molecule has 0 spiro atoms. The van der Waals surface area contributed by atoms with Crippen molar-refractivity contribution >= 4 is 29.6 Å². The third-order valence-corrected chi connectivity index (χ3v) is 6.17. The van der Waals surface area contributed by atoms with Gasteiger partial charge in [0.25, 0.3) is 5.91 Å². The number of imide groups is 1. The van der Waals surface area contributed by atoms with E-state index in [9.17, 15) is 18.8 Å². The molecule has 4 rings (SSSR count). The van der Waals surface area contributed by atoms with Crippen molar-refractivity contribution < 1.29 is 18.8 Å². The molecule has 1 aliphatic heterocycles. The molecule has 2 aromatic carbocycles. The lowest BCUT2D eigenvalue weighted by Crippen LogP contribution is -2.49. The molecular formula is C21H20FN7O3S. The Balaban J connectivity index is 1.42. The molecule has 4 N–H and O–H groups in total. The minimum atomic E-state index is -1.25. The van der Waals surface area contributed by atoms with Gasteiger partial charge in [-0.1, -0.05) is 49.0 Å². The Morgan fingerprint density at radius 2 is 1.85 bits per heavy atom. The highest BCUT2D eigenvalue weighted by molar-refractivity contribution is 7.99. The van der Waals surface area contributed by atoms with Gasteiger partial charge in [-0.05, 0) is 36.2 Å². The van der Waals surface area contributed by atoms with E-state index in [1.165, 1.54) is 28.9 Å². The van der Waals surface area contributed by atoms with Gasteiger partial charge in [0.05, 0.1) is 5.75 Å². The summed E-state index contributed by atoms with van der Waals surface area (Å²) in [4.78, 5) is 38.0. The predicted molar refractivity (Wildman–Crippen MR) is 118 cm³/mol. The average molecular weight is 470 g/mol. The number of aromatic nitrogens is 3. The second kappa shape index (κ2) is 8.90. The maximum absolute atomic E-state index is 13.1. The van der Waals surface area contributed by atoms with Crippen LogP contribution in [0, 0.1) is 5.82 Å². The van der Waals surface area contributed by atoms with E-state index in [2.05, 4.69) is 20.9 Å². The molecule has 170 valence electrons. The number of nitrogens with zero attached hydrogens (tertiary/aromatic N) is 4. The van der Waals surface area contributed by atoms with Crippen molar-refractivity contribution in [2.75, 3.05) is 11.6 Å². The van der Waals surface area contributed by atoms with Crippen LogP contribution in [0.3, 0.4) is 0 Å². The van der Waals surface area contributed by atoms with Crippen LogP contribution in [0.1, 0.15) is 18.9 Å². The number of nitrogens with two attached hydrogens (primary N) is 1. The summed E-state index contributed by atoms with van der Waals surface area (Å²) in [6, 6.07) is 13.7. The van der Waals surface area contributed by atoms with Crippen LogP contribution in [-0.4, -0.2) is 43.5 Å². The van der Waals surface area contributed by atoms with Crippen LogP contribution in [0.4, 0.5) is 9.18 Å². The van der Waals surface area contributed by atoms with Gasteiger partial charge in [-0.15, -0.1) is 10.2 Å². The molecule has 1 fully saturated rings. The second-order valence-electron chi connectivity index (χ2n) is 7.20. The monoisotopic (exact) mass is 469 g/mol. The molecule has 4 amide bonds. The largest absolute Gasteiger partial charge is 0.344 e. The first-order chi connectivity index (χ1) is 15.9. The number of nitrogens with one attached hydrogen (secondary N) is 2. The quantitative estimate of drug-likeness (QED) is 0.273. The Hall–Kier alpha value is -3.93. The van der Waals surface area contributed by atoms with Gasteiger partial charge in [0.1, 0.15) is 11.4 Å². The number of rotatable bonds is 7. The summed E-state index contributed by atoms with van der Waals surface area (Å²) < 4.78 is 14.3. The van der Waals surface area contributed by atoms with Crippen molar-refractivity contribution in [3.05, 3.63) is 66.0 Å². The fourth-order valence-electron chi connectivity index (χ4n) is 3.50. The highest BCUT2D eigenvalue weighted by Gasteiger charge is 2.52. The van der Waals surface area contributed by atoms with Crippen molar-refractivity contribution in [3.8, 4) is 11.4 Å². The van der Waals surface area contributed by atoms with E-state index in [4.69, 9.17) is 5.84 Å². The number of carbonyl (C=O) groups is 3. The fourth-order valence-corrected chi connectivity index (χ4v) is 4.15. The molecular weight excluding hydrogens is 449 g/mol. The molecule has 1 aromatic heterocycles. The number of hydrazine groups is 1. The normalized spacial score (nSPS) is 17.8. The van der Waals surface area contributed by atoms with Crippen molar-refractivity contribution in [2.24, 2.45) is 0 Å². The lowest BCUT2D eigenvalue weighted by molar-refractivity contribution is -0.138. The van der Waals surface area contributed by atoms with Crippen LogP contribution < -0.4 is 16.6 Å². The Morgan fingerprint density at radius 1 is 1.15 bits per heavy atom. The number of nitrogen functional groups attached to an aromatic ring is 1. The van der Waals surface area contributed by atoms with E-state index in [1.807, 2.05) is 6.07 Å². The minimum Gasteiger partial charge on any atom is -0.335 e. The Kier molecular flexibility index (Phi) is 6.01. The molecule has 0 saturated carbocycles. The Labute approximate surface area is 192 Å². The first-order valence-corrected chi connectivity index (χ1v) is 10.9. The van der Waals surface area contributed by atoms with Crippen LogP contribution in [0.15, 0.2) is 59.8 Å². The number of amides is 4. The van der Waals surface area contributed by atoms with E-state index < -0.39 is 29.2 Å². The smallest absolute Gasteiger partial charge is 0.335 e. The number of halogens is 1. The maximum Gasteiger partial charge on any atom is 0.344 e. The fraction of sp³-hybridized carbons (Fsp3) is 0.190. The number of carbonyl (C=O) groups excluding carboxylic acids is 3. The zero-order valence-electron chi connectivity index (χ0n) is 17.5. The summed E-state index contributed by atoms with van der Waals surface area (Å²) in [6.45, 7) is 1.78. The molecule has 2 heterocycles. The molecule has 12 heteroatoms. The first kappa shape index (κ1) is 22.3. The molecule has 0 radical (unpaired) electrons. The van der Waals surface area contributed by atoms with Gasteiger partial charge in [-0.3, -0.25) is 15.0 Å².